The molecule has 0 bridgehead atoms. The van der Waals surface area contributed by atoms with Crippen LogP contribution in [-0.4, -0.2) is 38.7 Å². The molecule has 0 saturated carbocycles. The third-order valence-corrected chi connectivity index (χ3v) is 5.18. The molecule has 2 aromatic rings. The minimum atomic E-state index is -0.262. The Bertz CT molecular complexity index is 915. The molecule has 1 N–H and O–H groups in total. The van der Waals surface area contributed by atoms with E-state index in [4.69, 9.17) is 14.2 Å². The van der Waals surface area contributed by atoms with Gasteiger partial charge >= 0.3 is 0 Å². The zero-order valence-electron chi connectivity index (χ0n) is 18.3. The molecule has 2 amide bonds. The molecule has 0 fully saturated rings. The number of amides is 2. The van der Waals surface area contributed by atoms with Crippen molar-refractivity contribution in [1.29, 1.82) is 0 Å². The molecule has 1 aliphatic heterocycles. The lowest BCUT2D eigenvalue weighted by Gasteiger charge is -2.29. The van der Waals surface area contributed by atoms with Gasteiger partial charge in [-0.15, -0.1) is 0 Å². The molecule has 7 nitrogen and oxygen atoms in total. The molecular formula is C24H30N2O5. The van der Waals surface area contributed by atoms with Crippen molar-refractivity contribution in [2.24, 2.45) is 0 Å². The van der Waals surface area contributed by atoms with Gasteiger partial charge in [0.15, 0.2) is 18.1 Å². The second-order valence-electron chi connectivity index (χ2n) is 7.49. The van der Waals surface area contributed by atoms with Crippen LogP contribution in [0.15, 0.2) is 42.5 Å². The van der Waals surface area contributed by atoms with Crippen LogP contribution < -0.4 is 24.4 Å². The number of anilines is 1. The van der Waals surface area contributed by atoms with Gasteiger partial charge in [0.25, 0.3) is 5.91 Å². The van der Waals surface area contributed by atoms with Gasteiger partial charge in [-0.3, -0.25) is 14.5 Å². The number of nitrogens with zero attached hydrogens (tertiary/aromatic N) is 1. The second kappa shape index (κ2) is 10.7. The van der Waals surface area contributed by atoms with Gasteiger partial charge in [-0.1, -0.05) is 38.0 Å². The summed E-state index contributed by atoms with van der Waals surface area (Å²) in [5.41, 5.74) is 1.49. The Morgan fingerprint density at radius 2 is 2.00 bits per heavy atom. The normalized spacial score (nSPS) is 13.8. The van der Waals surface area contributed by atoms with Crippen molar-refractivity contribution in [2.45, 2.75) is 39.2 Å². The quantitative estimate of drug-likeness (QED) is 0.584. The number of carbonyl (C=O) groups is 2. The highest BCUT2D eigenvalue weighted by molar-refractivity contribution is 6.02. The lowest BCUT2D eigenvalue weighted by Crippen LogP contribution is -2.45. The van der Waals surface area contributed by atoms with E-state index in [0.717, 1.165) is 24.8 Å². The average molecular weight is 427 g/mol. The number of nitrogens with one attached hydrogen (secondary N) is 1. The van der Waals surface area contributed by atoms with Crippen molar-refractivity contribution in [3.63, 3.8) is 0 Å². The van der Waals surface area contributed by atoms with Gasteiger partial charge in [-0.05, 0) is 43.2 Å². The number of benzene rings is 2. The first-order chi connectivity index (χ1) is 15.0. The molecule has 0 aliphatic carbocycles. The zero-order valence-corrected chi connectivity index (χ0v) is 18.3. The van der Waals surface area contributed by atoms with Gasteiger partial charge in [0, 0.05) is 0 Å². The molecule has 0 spiro atoms. The van der Waals surface area contributed by atoms with Gasteiger partial charge < -0.3 is 19.5 Å². The Hall–Kier alpha value is -3.22. The lowest BCUT2D eigenvalue weighted by molar-refractivity contribution is -0.125. The van der Waals surface area contributed by atoms with Crippen LogP contribution in [0.1, 0.15) is 44.7 Å². The van der Waals surface area contributed by atoms with Crippen molar-refractivity contribution < 1.29 is 23.8 Å². The zero-order chi connectivity index (χ0) is 22.2. The topological polar surface area (TPSA) is 77.1 Å². The first-order valence-electron chi connectivity index (χ1n) is 10.7. The highest BCUT2D eigenvalue weighted by Gasteiger charge is 2.27. The molecular weight excluding hydrogens is 396 g/mol. The fraction of sp³-hybridized carbons (Fsp3) is 0.417. The van der Waals surface area contributed by atoms with Crippen molar-refractivity contribution in [2.75, 3.05) is 31.8 Å². The molecule has 31 heavy (non-hydrogen) atoms. The van der Waals surface area contributed by atoms with E-state index in [0.29, 0.717) is 29.5 Å². The van der Waals surface area contributed by atoms with Gasteiger partial charge in [0.1, 0.15) is 12.3 Å². The number of ether oxygens (including phenoxy) is 3. The summed E-state index contributed by atoms with van der Waals surface area (Å²) in [6.07, 6.45) is 3.26. The van der Waals surface area contributed by atoms with E-state index >= 15 is 0 Å². The molecule has 1 unspecified atom stereocenters. The third-order valence-electron chi connectivity index (χ3n) is 5.18. The standard InChI is InChI=1S/C24H30N2O5/c1-4-5-8-13-30-21-12-11-18(14-22(21)29-3)17(2)25-23(27)15-26-19-9-6-7-10-20(19)31-16-24(26)28/h6-7,9-12,14,17H,4-5,8,13,15-16H2,1-3H3,(H,25,27). The van der Waals surface area contributed by atoms with Crippen LogP contribution in [-0.2, 0) is 9.59 Å². The summed E-state index contributed by atoms with van der Waals surface area (Å²) in [5, 5.41) is 2.96. The predicted molar refractivity (Wildman–Crippen MR) is 119 cm³/mol. The van der Waals surface area contributed by atoms with Gasteiger partial charge in [0.05, 0.1) is 25.4 Å². The Morgan fingerprint density at radius 3 is 2.77 bits per heavy atom. The summed E-state index contributed by atoms with van der Waals surface area (Å²) in [7, 11) is 1.60. The van der Waals surface area contributed by atoms with Crippen LogP contribution in [0, 0.1) is 0 Å². The molecule has 1 heterocycles. The van der Waals surface area contributed by atoms with Gasteiger partial charge in [-0.2, -0.15) is 0 Å². The molecule has 1 aliphatic rings. The highest BCUT2D eigenvalue weighted by Crippen LogP contribution is 2.32. The maximum Gasteiger partial charge on any atom is 0.265 e. The minimum Gasteiger partial charge on any atom is -0.493 e. The molecule has 1 atom stereocenters. The fourth-order valence-corrected chi connectivity index (χ4v) is 3.45. The van der Waals surface area contributed by atoms with Crippen molar-refractivity contribution in [3.8, 4) is 17.2 Å². The third kappa shape index (κ3) is 5.69. The molecule has 7 heteroatoms. The first kappa shape index (κ1) is 22.5. The number of methoxy groups -OCH3 is 1. The summed E-state index contributed by atoms with van der Waals surface area (Å²) in [5.74, 6) is 1.43. The van der Waals surface area contributed by atoms with E-state index in [-0.39, 0.29) is 31.0 Å². The van der Waals surface area contributed by atoms with Crippen molar-refractivity contribution >= 4 is 17.5 Å². The summed E-state index contributed by atoms with van der Waals surface area (Å²) >= 11 is 0. The lowest BCUT2D eigenvalue weighted by atomic mass is 10.1. The number of unbranched alkanes of at least 4 members (excludes halogenated alkanes) is 2. The Morgan fingerprint density at radius 1 is 1.19 bits per heavy atom. The summed E-state index contributed by atoms with van der Waals surface area (Å²) in [6, 6.07) is 12.6. The number of carbonyl (C=O) groups excluding carboxylic acids is 2. The second-order valence-corrected chi connectivity index (χ2v) is 7.49. The minimum absolute atomic E-state index is 0.0701. The largest absolute Gasteiger partial charge is 0.493 e. The SMILES string of the molecule is CCCCCOc1ccc(C(C)NC(=O)CN2C(=O)COc3ccccc32)cc1OC. The van der Waals surface area contributed by atoms with Gasteiger partial charge in [0.2, 0.25) is 5.91 Å². The number of fused-ring (bicyclic) bond motifs is 1. The number of hydrogen-bond donors (Lipinski definition) is 1. The molecule has 0 aromatic heterocycles. The van der Waals surface area contributed by atoms with E-state index in [1.165, 1.54) is 4.90 Å². The van der Waals surface area contributed by atoms with Crippen LogP contribution >= 0.6 is 0 Å². The molecule has 166 valence electrons. The van der Waals surface area contributed by atoms with E-state index in [1.807, 2.05) is 37.3 Å². The van der Waals surface area contributed by atoms with Gasteiger partial charge in [-0.25, -0.2) is 0 Å². The van der Waals surface area contributed by atoms with Crippen LogP contribution in [0.5, 0.6) is 17.2 Å². The Kier molecular flexibility index (Phi) is 7.76. The Balaban J connectivity index is 1.62. The Labute approximate surface area is 183 Å². The maximum atomic E-state index is 12.7. The molecule has 2 aromatic carbocycles. The first-order valence-corrected chi connectivity index (χ1v) is 10.7. The fourth-order valence-electron chi connectivity index (χ4n) is 3.45. The van der Waals surface area contributed by atoms with Crippen LogP contribution in [0.25, 0.3) is 0 Å². The predicted octanol–water partition coefficient (Wildman–Crippen LogP) is 3.87. The monoisotopic (exact) mass is 426 g/mol. The highest BCUT2D eigenvalue weighted by atomic mass is 16.5. The summed E-state index contributed by atoms with van der Waals surface area (Å²) in [6.45, 7) is 4.54. The van der Waals surface area contributed by atoms with E-state index in [1.54, 1.807) is 19.2 Å². The van der Waals surface area contributed by atoms with Crippen LogP contribution in [0.4, 0.5) is 5.69 Å². The average Bonchev–Trinajstić information content (AvgIpc) is 2.78. The van der Waals surface area contributed by atoms with E-state index in [9.17, 15) is 9.59 Å². The van der Waals surface area contributed by atoms with Crippen molar-refractivity contribution in [1.82, 2.24) is 5.32 Å². The van der Waals surface area contributed by atoms with E-state index in [2.05, 4.69) is 12.2 Å². The number of hydrogen-bond acceptors (Lipinski definition) is 5. The molecule has 0 radical (unpaired) electrons. The van der Waals surface area contributed by atoms with Crippen molar-refractivity contribution in [3.05, 3.63) is 48.0 Å². The summed E-state index contributed by atoms with van der Waals surface area (Å²) < 4.78 is 16.7. The van der Waals surface area contributed by atoms with E-state index < -0.39 is 0 Å². The summed E-state index contributed by atoms with van der Waals surface area (Å²) in [4.78, 5) is 26.4. The smallest absolute Gasteiger partial charge is 0.265 e. The van der Waals surface area contributed by atoms with Crippen LogP contribution in [0.3, 0.4) is 0 Å². The number of para-hydroxylation sites is 2. The van der Waals surface area contributed by atoms with Crippen LogP contribution in [0.2, 0.25) is 0 Å². The maximum absolute atomic E-state index is 12.7. The molecule has 0 saturated heterocycles. The molecule has 3 rings (SSSR count). The number of rotatable bonds is 10.